The fourth-order valence-corrected chi connectivity index (χ4v) is 5.87. The van der Waals surface area contributed by atoms with Crippen molar-refractivity contribution in [3.63, 3.8) is 0 Å². The second kappa shape index (κ2) is 17.8. The molecule has 5 rings (SSSR count). The molecule has 0 aliphatic carbocycles. The van der Waals surface area contributed by atoms with E-state index in [0.717, 1.165) is 29.4 Å². The minimum atomic E-state index is -0.650. The van der Waals surface area contributed by atoms with Crippen molar-refractivity contribution in [1.29, 1.82) is 5.26 Å². The van der Waals surface area contributed by atoms with Crippen molar-refractivity contribution >= 4 is 23.4 Å². The van der Waals surface area contributed by atoms with Gasteiger partial charge in [-0.15, -0.1) is 0 Å². The molecule has 10 nitrogen and oxygen atoms in total. The van der Waals surface area contributed by atoms with Gasteiger partial charge in [-0.2, -0.15) is 5.26 Å². The molecule has 245 valence electrons. The molecular weight excluding hydrogens is 573 g/mol. The fraction of sp³-hybridized carbons (Fsp3) is 0.588. The first-order valence-corrected chi connectivity index (χ1v) is 16.1. The zero-order valence-electron chi connectivity index (χ0n) is 27.6. The van der Waals surface area contributed by atoms with Gasteiger partial charge in [-0.3, -0.25) is 9.59 Å². The van der Waals surface area contributed by atoms with Crippen molar-refractivity contribution in [2.75, 3.05) is 60.0 Å². The smallest absolute Gasteiger partial charge is 0.257 e. The molecule has 0 spiro atoms. The maximum atomic E-state index is 14.3. The number of carbonyl (C=O) groups excluding carboxylic acids is 2. The molecule has 4 heterocycles. The number of ether oxygens (including phenoxy) is 1. The second-order valence-electron chi connectivity index (χ2n) is 11.4. The van der Waals surface area contributed by atoms with Crippen LogP contribution in [0.1, 0.15) is 68.8 Å². The molecular formula is C34H49FN7O3. The maximum Gasteiger partial charge on any atom is 0.257 e. The number of aliphatic imine (C=N–C) groups is 2. The van der Waals surface area contributed by atoms with E-state index in [1.165, 1.54) is 38.1 Å². The average molecular weight is 623 g/mol. The predicted molar refractivity (Wildman–Crippen MR) is 175 cm³/mol. The van der Waals surface area contributed by atoms with Gasteiger partial charge < -0.3 is 24.3 Å². The molecule has 1 aromatic rings. The first kappa shape index (κ1) is 35.9. The van der Waals surface area contributed by atoms with Gasteiger partial charge in [-0.25, -0.2) is 14.4 Å². The summed E-state index contributed by atoms with van der Waals surface area (Å²) in [5, 5.41) is 7.62. The summed E-state index contributed by atoms with van der Waals surface area (Å²) in [5.41, 5.74) is 1.76. The van der Waals surface area contributed by atoms with Gasteiger partial charge in [0.1, 0.15) is 11.7 Å². The minimum absolute atomic E-state index is 0.0638. The summed E-state index contributed by atoms with van der Waals surface area (Å²) in [5.74, 6) is 1.02. The first-order valence-electron chi connectivity index (χ1n) is 16.1. The Kier molecular flexibility index (Phi) is 14.2. The number of fused-ring (bicyclic) bond motifs is 1. The highest BCUT2D eigenvalue weighted by Gasteiger charge is 2.38. The molecule has 2 atom stereocenters. The molecule has 2 fully saturated rings. The molecule has 11 heteroatoms. The Morgan fingerprint density at radius 1 is 1.11 bits per heavy atom. The zero-order valence-corrected chi connectivity index (χ0v) is 27.6. The summed E-state index contributed by atoms with van der Waals surface area (Å²) in [6.45, 7) is 15.0. The van der Waals surface area contributed by atoms with Crippen molar-refractivity contribution in [3.05, 3.63) is 53.7 Å². The number of benzene rings is 1. The van der Waals surface area contributed by atoms with Crippen LogP contribution in [-0.4, -0.2) is 115 Å². The van der Waals surface area contributed by atoms with Crippen molar-refractivity contribution in [1.82, 2.24) is 19.6 Å². The van der Waals surface area contributed by atoms with Crippen LogP contribution in [0.5, 0.6) is 0 Å². The summed E-state index contributed by atoms with van der Waals surface area (Å²) < 4.78 is 20.1. The summed E-state index contributed by atoms with van der Waals surface area (Å²) >= 11 is 0. The van der Waals surface area contributed by atoms with Crippen molar-refractivity contribution in [3.8, 4) is 6.07 Å². The summed E-state index contributed by atoms with van der Waals surface area (Å²) in [4.78, 5) is 42.5. The van der Waals surface area contributed by atoms with Gasteiger partial charge >= 0.3 is 0 Å². The lowest BCUT2D eigenvalue weighted by Gasteiger charge is -2.41. The number of likely N-dealkylation sites (tertiary alicyclic amines) is 1. The molecule has 1 unspecified atom stereocenters. The van der Waals surface area contributed by atoms with Crippen LogP contribution < -0.4 is 0 Å². The van der Waals surface area contributed by atoms with Gasteiger partial charge in [-0.05, 0) is 70.5 Å². The van der Waals surface area contributed by atoms with Crippen molar-refractivity contribution in [2.45, 2.75) is 71.7 Å². The topological polar surface area (TPSA) is 105 Å². The largest absolute Gasteiger partial charge is 0.356 e. The highest BCUT2D eigenvalue weighted by molar-refractivity contribution is 6.21. The van der Waals surface area contributed by atoms with Crippen LogP contribution >= 0.6 is 0 Å². The fourth-order valence-electron chi connectivity index (χ4n) is 5.87. The lowest BCUT2D eigenvalue weighted by atomic mass is 9.86. The Hall–Kier alpha value is -3.62. The van der Waals surface area contributed by atoms with E-state index in [2.05, 4.69) is 30.4 Å². The molecule has 4 aliphatic heterocycles. The van der Waals surface area contributed by atoms with Crippen LogP contribution in [0.25, 0.3) is 0 Å². The first-order chi connectivity index (χ1) is 21.7. The average Bonchev–Trinajstić information content (AvgIpc) is 3.54. The minimum Gasteiger partial charge on any atom is -0.356 e. The number of nitrogens with zero attached hydrogens (tertiary/aromatic N) is 7. The summed E-state index contributed by atoms with van der Waals surface area (Å²) in [7, 11) is 3.90. The van der Waals surface area contributed by atoms with Gasteiger partial charge in [0.2, 0.25) is 12.3 Å². The van der Waals surface area contributed by atoms with Crippen LogP contribution in [0, 0.1) is 23.1 Å². The van der Waals surface area contributed by atoms with Gasteiger partial charge in [0.25, 0.3) is 5.91 Å². The number of hydrogen-bond acceptors (Lipinski definition) is 8. The Balaban J connectivity index is 0.000000473. The molecule has 0 aromatic heterocycles. The number of rotatable bonds is 6. The quantitative estimate of drug-likeness (QED) is 0.438. The van der Waals surface area contributed by atoms with Crippen LogP contribution in [0.2, 0.25) is 0 Å². The lowest BCUT2D eigenvalue weighted by Crippen LogP contribution is -2.53. The molecule has 4 aliphatic rings. The number of halogens is 1. The number of nitriles is 1. The van der Waals surface area contributed by atoms with Crippen LogP contribution in [0.4, 0.5) is 4.39 Å². The Morgan fingerprint density at radius 2 is 1.78 bits per heavy atom. The van der Waals surface area contributed by atoms with E-state index in [4.69, 9.17) is 20.0 Å². The monoisotopic (exact) mass is 622 g/mol. The molecule has 0 N–H and O–H groups in total. The summed E-state index contributed by atoms with van der Waals surface area (Å²) in [6.07, 6.45) is 5.95. The molecule has 45 heavy (non-hydrogen) atoms. The van der Waals surface area contributed by atoms with E-state index in [9.17, 15) is 14.0 Å². The van der Waals surface area contributed by atoms with E-state index in [1.54, 1.807) is 22.9 Å². The van der Waals surface area contributed by atoms with Crippen LogP contribution in [0.15, 0.2) is 40.8 Å². The highest BCUT2D eigenvalue weighted by atomic mass is 19.1. The van der Waals surface area contributed by atoms with E-state index < -0.39 is 12.2 Å². The van der Waals surface area contributed by atoms with Gasteiger partial charge in [0.15, 0.2) is 0 Å². The number of amidine groups is 1. The number of piperazine rings is 1. The normalized spacial score (nSPS) is 21.8. The van der Waals surface area contributed by atoms with Gasteiger partial charge in [0, 0.05) is 64.4 Å². The molecule has 2 saturated heterocycles. The summed E-state index contributed by atoms with van der Waals surface area (Å²) in [6, 6.07) is 6.58. The van der Waals surface area contributed by atoms with E-state index >= 15 is 0 Å². The number of likely N-dealkylation sites (N-methyl/N-ethyl adjacent to an activating group) is 1. The van der Waals surface area contributed by atoms with Gasteiger partial charge in [-0.1, -0.05) is 32.6 Å². The molecule has 0 bridgehead atoms. The van der Waals surface area contributed by atoms with E-state index in [0.29, 0.717) is 52.0 Å². The third-order valence-electron chi connectivity index (χ3n) is 8.41. The SMILES string of the molecule is C=CC(=O)N1CCN(C2=NC(OCC)N=C(C[C@@H]3Cc4cccc(F)c4C(=O)N3C)[C]2CC)CC1.CCC#N.CN1CCCC1. The van der Waals surface area contributed by atoms with Gasteiger partial charge in [0.05, 0.1) is 17.6 Å². The standard InChI is InChI=1S/C26H33FN5O3.C5H11N.C3H5N/c1-5-19-21(16-18-15-17-9-8-10-20(27)23(17)25(34)30(18)4)28-26(35-7-3)29-24(19)32-13-11-31(12-14-32)22(33)6-2;1-6-4-2-3-5-6;1-2-3-4/h6,8-10,18,26H,2,5,7,11-16H2,1,3-4H3;2-5H2,1H3;2H2,1H3/t18-,26?;;/m0../s1. The maximum absolute atomic E-state index is 14.3. The van der Waals surface area contributed by atoms with Crippen LogP contribution in [-0.2, 0) is 16.0 Å². The highest BCUT2D eigenvalue weighted by Crippen LogP contribution is 2.30. The lowest BCUT2D eigenvalue weighted by molar-refractivity contribution is -0.127. The molecule has 1 aromatic carbocycles. The van der Waals surface area contributed by atoms with Crippen LogP contribution in [0.3, 0.4) is 0 Å². The predicted octanol–water partition coefficient (Wildman–Crippen LogP) is 4.33. The Labute approximate surface area is 268 Å². The Morgan fingerprint density at radius 3 is 2.31 bits per heavy atom. The molecule has 0 saturated carbocycles. The van der Waals surface area contributed by atoms with E-state index in [-0.39, 0.29) is 23.4 Å². The second-order valence-corrected chi connectivity index (χ2v) is 11.4. The Bertz CT molecular complexity index is 1260. The van der Waals surface area contributed by atoms with Crippen molar-refractivity contribution in [2.24, 2.45) is 9.98 Å². The molecule has 2 amide bonds. The third kappa shape index (κ3) is 9.44. The third-order valence-corrected chi connectivity index (χ3v) is 8.41. The van der Waals surface area contributed by atoms with Crippen molar-refractivity contribution < 1.29 is 18.7 Å². The number of amides is 2. The van der Waals surface area contributed by atoms with E-state index in [1.807, 2.05) is 26.0 Å². The number of carbonyl (C=O) groups is 2. The molecule has 1 radical (unpaired) electrons. The number of hydrogen-bond donors (Lipinski definition) is 0. The zero-order chi connectivity index (χ0) is 32.9.